The van der Waals surface area contributed by atoms with Crippen LogP contribution in [0.2, 0.25) is 0 Å². The first-order chi connectivity index (χ1) is 11.3. The highest BCUT2D eigenvalue weighted by Crippen LogP contribution is 2.36. The molecular weight excluding hydrogens is 423 g/mol. The van der Waals surface area contributed by atoms with E-state index in [4.69, 9.17) is 11.5 Å². The van der Waals surface area contributed by atoms with Crippen LogP contribution in [0.15, 0.2) is 18.2 Å². The Kier molecular flexibility index (Phi) is 11.3. The maximum Gasteiger partial charge on any atom is 0.416 e. The molecule has 0 spiro atoms. The number of halogens is 8. The first-order valence-corrected chi connectivity index (χ1v) is 7.39. The molecule has 0 aliphatic carbocycles. The third-order valence-electron chi connectivity index (χ3n) is 3.37. The number of carbonyl (C=O) groups is 1. The average molecular weight is 444 g/mol. The number of nitrogens with two attached hydrogens (primary N) is 2. The quantitative estimate of drug-likeness (QED) is 0.585. The Hall–Kier alpha value is -1.23. The van der Waals surface area contributed by atoms with E-state index in [0.29, 0.717) is 25.0 Å². The van der Waals surface area contributed by atoms with Crippen molar-refractivity contribution in [2.75, 3.05) is 6.54 Å². The predicted octanol–water partition coefficient (Wildman–Crippen LogP) is 3.75. The first kappa shape index (κ1) is 28.0. The number of hydrogen-bond donors (Lipinski definition) is 3. The van der Waals surface area contributed by atoms with Gasteiger partial charge in [-0.2, -0.15) is 26.3 Å². The molecule has 1 rings (SSSR count). The molecule has 0 heterocycles. The van der Waals surface area contributed by atoms with E-state index in [2.05, 4.69) is 5.32 Å². The second kappa shape index (κ2) is 10.9. The summed E-state index contributed by atoms with van der Waals surface area (Å²) in [6.07, 6.45) is -9.00. The van der Waals surface area contributed by atoms with Gasteiger partial charge in [-0.15, -0.1) is 24.8 Å². The Morgan fingerprint density at radius 2 is 1.41 bits per heavy atom. The summed E-state index contributed by atoms with van der Waals surface area (Å²) in [6, 6.07) is 0.0868. The molecule has 12 heteroatoms. The molecule has 1 aromatic carbocycles. The SMILES string of the molecule is C[C@H](N)CCC(N)CNC(=O)c1cc(C(F)(F)F)cc(C(F)(F)F)c1.Cl.Cl. The van der Waals surface area contributed by atoms with E-state index in [1.54, 1.807) is 6.92 Å². The van der Waals surface area contributed by atoms with Crippen LogP contribution in [-0.4, -0.2) is 24.5 Å². The second-order valence-electron chi connectivity index (χ2n) is 5.82. The number of amides is 1. The molecule has 0 bridgehead atoms. The van der Waals surface area contributed by atoms with Crippen LogP contribution in [0, 0.1) is 0 Å². The van der Waals surface area contributed by atoms with E-state index < -0.39 is 41.0 Å². The minimum atomic E-state index is -5.01. The van der Waals surface area contributed by atoms with Gasteiger partial charge in [0.1, 0.15) is 0 Å². The van der Waals surface area contributed by atoms with E-state index in [1.165, 1.54) is 0 Å². The summed E-state index contributed by atoms with van der Waals surface area (Å²) in [5.41, 5.74) is 7.43. The molecule has 158 valence electrons. The van der Waals surface area contributed by atoms with E-state index in [-0.39, 0.29) is 43.5 Å². The van der Waals surface area contributed by atoms with Crippen molar-refractivity contribution in [2.45, 2.75) is 44.2 Å². The van der Waals surface area contributed by atoms with Crippen LogP contribution in [0.25, 0.3) is 0 Å². The Labute approximate surface area is 164 Å². The molecule has 0 aliphatic rings. The summed E-state index contributed by atoms with van der Waals surface area (Å²) in [5.74, 6) is -1.06. The van der Waals surface area contributed by atoms with Gasteiger partial charge in [-0.1, -0.05) is 0 Å². The van der Waals surface area contributed by atoms with Gasteiger partial charge < -0.3 is 16.8 Å². The van der Waals surface area contributed by atoms with Crippen LogP contribution < -0.4 is 16.8 Å². The Balaban J connectivity index is 0. The number of rotatable bonds is 6. The number of alkyl halides is 6. The third-order valence-corrected chi connectivity index (χ3v) is 3.37. The molecule has 5 N–H and O–H groups in total. The van der Waals surface area contributed by atoms with E-state index >= 15 is 0 Å². The fourth-order valence-corrected chi connectivity index (χ4v) is 1.99. The van der Waals surface area contributed by atoms with Crippen molar-refractivity contribution in [2.24, 2.45) is 11.5 Å². The van der Waals surface area contributed by atoms with Gasteiger partial charge in [-0.3, -0.25) is 4.79 Å². The zero-order valence-corrected chi connectivity index (χ0v) is 15.8. The molecular formula is C15H21Cl2F6N3O. The van der Waals surface area contributed by atoms with Crippen LogP contribution in [-0.2, 0) is 12.4 Å². The highest BCUT2D eigenvalue weighted by Gasteiger charge is 2.37. The molecule has 4 nitrogen and oxygen atoms in total. The Morgan fingerprint density at radius 1 is 0.963 bits per heavy atom. The minimum absolute atomic E-state index is 0. The van der Waals surface area contributed by atoms with Crippen molar-refractivity contribution in [1.82, 2.24) is 5.32 Å². The van der Waals surface area contributed by atoms with Crippen molar-refractivity contribution in [3.8, 4) is 0 Å². The lowest BCUT2D eigenvalue weighted by atomic mass is 10.0. The van der Waals surface area contributed by atoms with Crippen molar-refractivity contribution >= 4 is 30.7 Å². The summed E-state index contributed by atoms with van der Waals surface area (Å²) in [4.78, 5) is 11.9. The van der Waals surface area contributed by atoms with Crippen LogP contribution in [0.1, 0.15) is 41.3 Å². The van der Waals surface area contributed by atoms with Gasteiger partial charge >= 0.3 is 12.4 Å². The Morgan fingerprint density at radius 3 is 1.78 bits per heavy atom. The molecule has 1 unspecified atom stereocenters. The molecule has 0 saturated heterocycles. The highest BCUT2D eigenvalue weighted by molar-refractivity contribution is 5.94. The van der Waals surface area contributed by atoms with Crippen molar-refractivity contribution in [3.05, 3.63) is 34.9 Å². The van der Waals surface area contributed by atoms with Crippen LogP contribution in [0.5, 0.6) is 0 Å². The molecule has 0 radical (unpaired) electrons. The van der Waals surface area contributed by atoms with Gasteiger partial charge in [0, 0.05) is 24.2 Å². The summed E-state index contributed by atoms with van der Waals surface area (Å²) >= 11 is 0. The fourth-order valence-electron chi connectivity index (χ4n) is 1.99. The standard InChI is InChI=1S/C15H19F6N3O.2ClH/c1-8(22)2-3-12(23)7-24-13(25)9-4-10(14(16,17)18)6-11(5-9)15(19,20)21;;/h4-6,8,12H,2-3,7,22-23H2,1H3,(H,24,25);2*1H/t8-,12?;;/m0../s1. The molecule has 0 aliphatic heterocycles. The first-order valence-electron chi connectivity index (χ1n) is 7.39. The maximum absolute atomic E-state index is 12.8. The van der Waals surface area contributed by atoms with Gasteiger partial charge in [0.15, 0.2) is 0 Å². The van der Waals surface area contributed by atoms with Gasteiger partial charge in [-0.05, 0) is 38.0 Å². The minimum Gasteiger partial charge on any atom is -0.350 e. The molecule has 1 amide bonds. The van der Waals surface area contributed by atoms with Gasteiger partial charge in [-0.25, -0.2) is 0 Å². The summed E-state index contributed by atoms with van der Waals surface area (Å²) in [6.45, 7) is 1.66. The molecule has 0 saturated carbocycles. The Bertz CT molecular complexity index is 576. The molecule has 0 fully saturated rings. The number of carbonyl (C=O) groups excluding carboxylic acids is 1. The zero-order chi connectivity index (χ0) is 19.4. The molecule has 0 aromatic heterocycles. The lowest BCUT2D eigenvalue weighted by Gasteiger charge is -2.16. The normalized spacial score (nSPS) is 13.8. The van der Waals surface area contributed by atoms with Gasteiger partial charge in [0.05, 0.1) is 11.1 Å². The van der Waals surface area contributed by atoms with Crippen molar-refractivity contribution in [3.63, 3.8) is 0 Å². The average Bonchev–Trinajstić information content (AvgIpc) is 2.48. The second-order valence-corrected chi connectivity index (χ2v) is 5.82. The number of hydrogen-bond acceptors (Lipinski definition) is 3. The molecule has 27 heavy (non-hydrogen) atoms. The summed E-state index contributed by atoms with van der Waals surface area (Å²) in [7, 11) is 0. The number of benzene rings is 1. The highest BCUT2D eigenvalue weighted by atomic mass is 35.5. The fraction of sp³-hybridized carbons (Fsp3) is 0.533. The molecule has 1 aromatic rings. The molecule has 2 atom stereocenters. The lowest BCUT2D eigenvalue weighted by Crippen LogP contribution is -2.38. The predicted molar refractivity (Wildman–Crippen MR) is 94.1 cm³/mol. The summed E-state index contributed by atoms with van der Waals surface area (Å²) in [5, 5.41) is 2.24. The van der Waals surface area contributed by atoms with Gasteiger partial charge in [0.2, 0.25) is 0 Å². The zero-order valence-electron chi connectivity index (χ0n) is 14.2. The van der Waals surface area contributed by atoms with E-state index in [1.807, 2.05) is 0 Å². The smallest absolute Gasteiger partial charge is 0.350 e. The van der Waals surface area contributed by atoms with Gasteiger partial charge in [0.25, 0.3) is 5.91 Å². The monoisotopic (exact) mass is 443 g/mol. The van der Waals surface area contributed by atoms with Crippen LogP contribution in [0.3, 0.4) is 0 Å². The van der Waals surface area contributed by atoms with E-state index in [9.17, 15) is 31.1 Å². The van der Waals surface area contributed by atoms with Crippen LogP contribution in [0.4, 0.5) is 26.3 Å². The van der Waals surface area contributed by atoms with Crippen molar-refractivity contribution < 1.29 is 31.1 Å². The van der Waals surface area contributed by atoms with Crippen LogP contribution >= 0.6 is 24.8 Å². The topological polar surface area (TPSA) is 81.1 Å². The van der Waals surface area contributed by atoms with E-state index in [0.717, 1.165) is 0 Å². The van der Waals surface area contributed by atoms with Crippen molar-refractivity contribution in [1.29, 1.82) is 0 Å². The third kappa shape index (κ3) is 9.50. The lowest BCUT2D eigenvalue weighted by molar-refractivity contribution is -0.143. The summed E-state index contributed by atoms with van der Waals surface area (Å²) < 4.78 is 76.6. The largest absolute Gasteiger partial charge is 0.416 e. The number of nitrogens with one attached hydrogen (secondary N) is 1. The maximum atomic E-state index is 12.8.